The Kier molecular flexibility index (Phi) is 12.6. The van der Waals surface area contributed by atoms with Gasteiger partial charge in [0.15, 0.2) is 0 Å². The van der Waals surface area contributed by atoms with Crippen LogP contribution in [0.4, 0.5) is 5.69 Å². The average molecular weight is 560 g/mol. The van der Waals surface area contributed by atoms with E-state index in [1.807, 2.05) is 13.2 Å². The predicted octanol–water partition coefficient (Wildman–Crippen LogP) is -0.151. The van der Waals surface area contributed by atoms with E-state index in [4.69, 9.17) is 14.2 Å². The van der Waals surface area contributed by atoms with Gasteiger partial charge in [-0.25, -0.2) is 4.68 Å². The van der Waals surface area contributed by atoms with E-state index < -0.39 is 23.8 Å². The quantitative estimate of drug-likeness (QED) is 0.112. The zero-order chi connectivity index (χ0) is 28.7. The smallest absolute Gasteiger partial charge is 0.264 e. The molecule has 1 aliphatic rings. The molecule has 1 aliphatic heterocycles. The minimum Gasteiger partial charge on any atom is -0.382 e. The summed E-state index contributed by atoms with van der Waals surface area (Å²) in [5.41, 5.74) is 1.66. The summed E-state index contributed by atoms with van der Waals surface area (Å²) >= 11 is 0. The van der Waals surface area contributed by atoms with Gasteiger partial charge in [-0.1, -0.05) is 11.3 Å². The minimum absolute atomic E-state index is 0.0475. The van der Waals surface area contributed by atoms with Gasteiger partial charge in [-0.3, -0.25) is 19.3 Å². The van der Waals surface area contributed by atoms with Crippen molar-refractivity contribution in [2.24, 2.45) is 0 Å². The van der Waals surface area contributed by atoms with Gasteiger partial charge in [0.05, 0.1) is 63.5 Å². The second kappa shape index (κ2) is 16.4. The van der Waals surface area contributed by atoms with Gasteiger partial charge in [0.2, 0.25) is 5.91 Å². The van der Waals surface area contributed by atoms with Crippen molar-refractivity contribution in [3.05, 3.63) is 41.2 Å². The highest BCUT2D eigenvalue weighted by Crippen LogP contribution is 2.31. The summed E-state index contributed by atoms with van der Waals surface area (Å²) in [4.78, 5) is 50.4. The molecule has 1 atom stereocenters. The number of benzene rings is 1. The van der Waals surface area contributed by atoms with Gasteiger partial charge < -0.3 is 35.0 Å². The van der Waals surface area contributed by atoms with Crippen LogP contribution in [0.1, 0.15) is 39.3 Å². The number of likely N-dealkylation sites (N-methyl/N-ethyl adjacent to an activating group) is 2. The lowest BCUT2D eigenvalue weighted by atomic mass is 10.1. The van der Waals surface area contributed by atoms with E-state index in [2.05, 4.69) is 26.3 Å². The van der Waals surface area contributed by atoms with E-state index in [1.165, 1.54) is 7.05 Å². The highest BCUT2D eigenvalue weighted by Gasteiger charge is 2.43. The van der Waals surface area contributed by atoms with Crippen LogP contribution >= 0.6 is 0 Å². The van der Waals surface area contributed by atoms with Crippen molar-refractivity contribution < 1.29 is 33.4 Å². The Balaban J connectivity index is 1.37. The first-order valence-electron chi connectivity index (χ1n) is 13.2. The standard InChI is InChI=1S/C26H37N7O7/c1-27-8-12-40-18-19-17-32(31-30-19)10-14-39-16-15-38-13-9-29-21-6-3-5-20-23(21)26(37)33(25(20)36)22(7-4-11-34)24(35)28-2/h3,5-6,11,17,22,27,29H,4,7-10,12-16,18H2,1-2H3,(H,28,35). The summed E-state index contributed by atoms with van der Waals surface area (Å²) in [6.07, 6.45) is 2.58. The molecular formula is C26H37N7O7. The lowest BCUT2D eigenvalue weighted by Gasteiger charge is -2.24. The largest absolute Gasteiger partial charge is 0.382 e. The fraction of sp³-hybridized carbons (Fsp3) is 0.538. The maximum Gasteiger partial charge on any atom is 0.264 e. The summed E-state index contributed by atoms with van der Waals surface area (Å²) in [5, 5.41) is 16.7. The van der Waals surface area contributed by atoms with Crippen LogP contribution in [0, 0.1) is 0 Å². The number of anilines is 1. The Hall–Kier alpha value is -3.72. The second-order valence-corrected chi connectivity index (χ2v) is 8.86. The third-order valence-corrected chi connectivity index (χ3v) is 6.10. The van der Waals surface area contributed by atoms with Gasteiger partial charge in [-0.15, -0.1) is 5.10 Å². The summed E-state index contributed by atoms with van der Waals surface area (Å²) < 4.78 is 18.4. The number of nitrogens with one attached hydrogen (secondary N) is 3. The molecular weight excluding hydrogens is 522 g/mol. The number of hydrogen-bond donors (Lipinski definition) is 3. The number of amides is 3. The molecule has 0 spiro atoms. The van der Waals surface area contributed by atoms with Crippen molar-refractivity contribution in [1.82, 2.24) is 30.5 Å². The van der Waals surface area contributed by atoms with Crippen LogP contribution in [0.25, 0.3) is 0 Å². The maximum absolute atomic E-state index is 13.2. The molecule has 3 amide bonds. The third-order valence-electron chi connectivity index (χ3n) is 6.10. The zero-order valence-electron chi connectivity index (χ0n) is 22.9. The molecule has 14 nitrogen and oxygen atoms in total. The normalized spacial score (nSPS) is 13.4. The summed E-state index contributed by atoms with van der Waals surface area (Å²) in [6, 6.07) is 3.85. The number of carbonyl (C=O) groups excluding carboxylic acids is 4. The number of aldehydes is 1. The average Bonchev–Trinajstić information content (AvgIpc) is 3.52. The van der Waals surface area contributed by atoms with E-state index in [-0.39, 0.29) is 24.0 Å². The van der Waals surface area contributed by atoms with E-state index in [9.17, 15) is 19.2 Å². The number of aromatic nitrogens is 3. The molecule has 0 radical (unpaired) electrons. The minimum atomic E-state index is -1.06. The van der Waals surface area contributed by atoms with Crippen molar-refractivity contribution in [3.8, 4) is 0 Å². The Bertz CT molecular complexity index is 1140. The molecule has 2 aromatic rings. The number of imide groups is 1. The fourth-order valence-electron chi connectivity index (χ4n) is 4.11. The van der Waals surface area contributed by atoms with Crippen LogP contribution in [0.3, 0.4) is 0 Å². The molecule has 0 aliphatic carbocycles. The summed E-state index contributed by atoms with van der Waals surface area (Å²) in [6.45, 7) is 4.33. The SMILES string of the molecule is CNCCOCc1cn(CCOCCOCCNc2cccc3c2C(=O)N(C(CCC=O)C(=O)NC)C3=O)nn1. The van der Waals surface area contributed by atoms with Gasteiger partial charge >= 0.3 is 0 Å². The first-order valence-corrected chi connectivity index (χ1v) is 13.2. The molecule has 1 aromatic carbocycles. The zero-order valence-corrected chi connectivity index (χ0v) is 22.9. The molecule has 218 valence electrons. The van der Waals surface area contributed by atoms with Gasteiger partial charge in [0.25, 0.3) is 11.8 Å². The van der Waals surface area contributed by atoms with Crippen molar-refractivity contribution in [3.63, 3.8) is 0 Å². The first-order chi connectivity index (χ1) is 19.5. The number of nitrogens with zero attached hydrogens (tertiary/aromatic N) is 4. The molecule has 40 heavy (non-hydrogen) atoms. The van der Waals surface area contributed by atoms with Crippen LogP contribution in [0.15, 0.2) is 24.4 Å². The number of fused-ring (bicyclic) bond motifs is 1. The monoisotopic (exact) mass is 559 g/mol. The van der Waals surface area contributed by atoms with E-state index in [0.29, 0.717) is 64.7 Å². The first kappa shape index (κ1) is 30.8. The van der Waals surface area contributed by atoms with E-state index >= 15 is 0 Å². The van der Waals surface area contributed by atoms with Crippen molar-refractivity contribution >= 4 is 29.7 Å². The molecule has 1 aromatic heterocycles. The van der Waals surface area contributed by atoms with E-state index in [0.717, 1.165) is 17.1 Å². The third kappa shape index (κ3) is 8.39. The summed E-state index contributed by atoms with van der Waals surface area (Å²) in [5.74, 6) is -1.63. The molecule has 2 heterocycles. The molecule has 3 N–H and O–H groups in total. The molecule has 0 saturated carbocycles. The predicted molar refractivity (Wildman–Crippen MR) is 144 cm³/mol. The molecule has 3 rings (SSSR count). The van der Waals surface area contributed by atoms with Gasteiger partial charge in [-0.05, 0) is 25.6 Å². The maximum atomic E-state index is 13.2. The molecule has 0 fully saturated rings. The highest BCUT2D eigenvalue weighted by molar-refractivity contribution is 6.25. The lowest BCUT2D eigenvalue weighted by molar-refractivity contribution is -0.124. The van der Waals surface area contributed by atoms with Crippen molar-refractivity contribution in [2.45, 2.75) is 32.0 Å². The lowest BCUT2D eigenvalue weighted by Crippen LogP contribution is -2.48. The van der Waals surface area contributed by atoms with Gasteiger partial charge in [0.1, 0.15) is 18.0 Å². The molecule has 1 unspecified atom stereocenters. The van der Waals surface area contributed by atoms with Crippen molar-refractivity contribution in [2.75, 3.05) is 65.5 Å². The number of ether oxygens (including phenoxy) is 3. The Morgan fingerprint density at radius 1 is 1.02 bits per heavy atom. The molecule has 14 heteroatoms. The van der Waals surface area contributed by atoms with Gasteiger partial charge in [0, 0.05) is 32.2 Å². The van der Waals surface area contributed by atoms with Crippen LogP contribution in [0.5, 0.6) is 0 Å². The van der Waals surface area contributed by atoms with Gasteiger partial charge in [-0.2, -0.15) is 0 Å². The van der Waals surface area contributed by atoms with Crippen LogP contribution in [0.2, 0.25) is 0 Å². The van der Waals surface area contributed by atoms with Crippen molar-refractivity contribution in [1.29, 1.82) is 0 Å². The Morgan fingerprint density at radius 3 is 2.55 bits per heavy atom. The van der Waals surface area contributed by atoms with Crippen LogP contribution < -0.4 is 16.0 Å². The fourth-order valence-corrected chi connectivity index (χ4v) is 4.11. The van der Waals surface area contributed by atoms with Crippen LogP contribution in [-0.4, -0.2) is 110 Å². The highest BCUT2D eigenvalue weighted by atomic mass is 16.5. The van der Waals surface area contributed by atoms with Crippen LogP contribution in [-0.2, 0) is 37.0 Å². The van der Waals surface area contributed by atoms with E-state index in [1.54, 1.807) is 22.9 Å². The number of hydrogen-bond acceptors (Lipinski definition) is 11. The summed E-state index contributed by atoms with van der Waals surface area (Å²) in [7, 11) is 3.29. The number of carbonyl (C=O) groups is 4. The Labute approximate surface area is 232 Å². The Morgan fingerprint density at radius 2 is 1.80 bits per heavy atom. The second-order valence-electron chi connectivity index (χ2n) is 8.86. The topological polar surface area (TPSA) is 166 Å². The molecule has 0 bridgehead atoms. The molecule has 0 saturated heterocycles. The number of rotatable bonds is 20.